The molecule has 0 saturated carbocycles. The average molecular weight is 654 g/mol. The molecule has 1 N–H and O–H groups in total. The zero-order valence-corrected chi connectivity index (χ0v) is 27.6. The molecule has 0 spiro atoms. The minimum Gasteiger partial charge on any atom is -0.456 e. The zero-order valence-electron chi connectivity index (χ0n) is 27.6. The van der Waals surface area contributed by atoms with Gasteiger partial charge in [0.15, 0.2) is 5.84 Å². The van der Waals surface area contributed by atoms with E-state index in [9.17, 15) is 0 Å². The highest BCUT2D eigenvalue weighted by molar-refractivity contribution is 6.23. The number of fused-ring (bicyclic) bond motifs is 5. The topological polar surface area (TPSA) is 49.9 Å². The maximum Gasteiger partial charge on any atom is 0.160 e. The van der Waals surface area contributed by atoms with Crippen molar-refractivity contribution in [2.24, 2.45) is 9.98 Å². The van der Waals surface area contributed by atoms with Crippen LogP contribution in [0.1, 0.15) is 22.9 Å². The number of nitrogens with one attached hydrogen (secondary N) is 1. The van der Waals surface area contributed by atoms with Crippen molar-refractivity contribution < 1.29 is 4.42 Å². The predicted molar refractivity (Wildman–Crippen MR) is 211 cm³/mol. The highest BCUT2D eigenvalue weighted by Crippen LogP contribution is 2.38. The standard InChI is InChI=1S/C47H31N3O/c1-3-11-30(12-4-1)34-21-22-36-27-38(24-23-35(36)26-34)46-48-45(32-14-5-2-6-15-32)49-47(50-46)41-28-39(37-20-19-31-13-7-8-16-33(31)25-37)29-43-44(41)40-17-9-10-18-42(40)51-43/h1-29,45H,(H,48,49,50). The van der Waals surface area contributed by atoms with Gasteiger partial charge in [-0.2, -0.15) is 0 Å². The van der Waals surface area contributed by atoms with Gasteiger partial charge >= 0.3 is 0 Å². The molecular weight excluding hydrogens is 623 g/mol. The molecule has 0 saturated heterocycles. The summed E-state index contributed by atoms with van der Waals surface area (Å²) in [7, 11) is 0. The minimum atomic E-state index is -0.331. The van der Waals surface area contributed by atoms with Gasteiger partial charge in [0, 0.05) is 21.9 Å². The van der Waals surface area contributed by atoms with Crippen molar-refractivity contribution in [1.82, 2.24) is 5.32 Å². The van der Waals surface area contributed by atoms with E-state index in [1.54, 1.807) is 0 Å². The number of nitrogens with zero attached hydrogens (tertiary/aromatic N) is 2. The molecule has 8 aromatic carbocycles. The Hall–Kier alpha value is -6.78. The van der Waals surface area contributed by atoms with Crippen LogP contribution in [0.15, 0.2) is 190 Å². The van der Waals surface area contributed by atoms with Gasteiger partial charge in [-0.1, -0.05) is 140 Å². The molecule has 1 unspecified atom stereocenters. The van der Waals surface area contributed by atoms with Crippen LogP contribution in [0.2, 0.25) is 0 Å². The molecule has 4 nitrogen and oxygen atoms in total. The lowest BCUT2D eigenvalue weighted by atomic mass is 9.96. The Morgan fingerprint density at radius 1 is 0.451 bits per heavy atom. The third kappa shape index (κ3) is 5.25. The Morgan fingerprint density at radius 2 is 1.06 bits per heavy atom. The lowest BCUT2D eigenvalue weighted by molar-refractivity contribution is 0.668. The van der Waals surface area contributed by atoms with Crippen LogP contribution >= 0.6 is 0 Å². The molecule has 51 heavy (non-hydrogen) atoms. The maximum atomic E-state index is 6.53. The molecule has 0 bridgehead atoms. The molecule has 1 aromatic heterocycles. The summed E-state index contributed by atoms with van der Waals surface area (Å²) < 4.78 is 6.53. The van der Waals surface area contributed by atoms with Gasteiger partial charge in [0.25, 0.3) is 0 Å². The quantitative estimate of drug-likeness (QED) is 0.201. The molecule has 0 fully saturated rings. The van der Waals surface area contributed by atoms with Crippen LogP contribution in [-0.4, -0.2) is 11.7 Å². The first-order valence-corrected chi connectivity index (χ1v) is 17.3. The molecule has 240 valence electrons. The van der Waals surface area contributed by atoms with Gasteiger partial charge in [-0.3, -0.25) is 0 Å². The van der Waals surface area contributed by atoms with Gasteiger partial charge in [-0.05, 0) is 85.8 Å². The van der Waals surface area contributed by atoms with Gasteiger partial charge < -0.3 is 9.73 Å². The van der Waals surface area contributed by atoms with Gasteiger partial charge in [0.05, 0.1) is 0 Å². The number of rotatable bonds is 5. The average Bonchev–Trinajstić information content (AvgIpc) is 3.59. The summed E-state index contributed by atoms with van der Waals surface area (Å²) in [6, 6.07) is 61.7. The lowest BCUT2D eigenvalue weighted by Crippen LogP contribution is -2.33. The van der Waals surface area contributed by atoms with E-state index < -0.39 is 0 Å². The summed E-state index contributed by atoms with van der Waals surface area (Å²) in [6.45, 7) is 0. The van der Waals surface area contributed by atoms with Crippen molar-refractivity contribution in [2.75, 3.05) is 0 Å². The third-order valence-electron chi connectivity index (χ3n) is 9.88. The van der Waals surface area contributed by atoms with E-state index in [4.69, 9.17) is 14.4 Å². The van der Waals surface area contributed by atoms with E-state index in [2.05, 4.69) is 163 Å². The number of hydrogen-bond acceptors (Lipinski definition) is 4. The highest BCUT2D eigenvalue weighted by atomic mass is 16.3. The van der Waals surface area contributed by atoms with Crippen LogP contribution in [0.5, 0.6) is 0 Å². The van der Waals surface area contributed by atoms with Gasteiger partial charge in [-0.25, -0.2) is 9.98 Å². The summed E-state index contributed by atoms with van der Waals surface area (Å²) >= 11 is 0. The molecule has 10 rings (SSSR count). The Labute approximate surface area is 295 Å². The summed E-state index contributed by atoms with van der Waals surface area (Å²) in [6.07, 6.45) is -0.331. The van der Waals surface area contributed by atoms with Crippen molar-refractivity contribution in [3.63, 3.8) is 0 Å². The number of furan rings is 1. The summed E-state index contributed by atoms with van der Waals surface area (Å²) in [5.74, 6) is 1.44. The minimum absolute atomic E-state index is 0.331. The fourth-order valence-electron chi connectivity index (χ4n) is 7.29. The molecule has 2 heterocycles. The Balaban J connectivity index is 1.16. The van der Waals surface area contributed by atoms with Crippen LogP contribution in [0, 0.1) is 0 Å². The van der Waals surface area contributed by atoms with Gasteiger partial charge in [-0.15, -0.1) is 0 Å². The number of para-hydroxylation sites is 1. The molecule has 0 aliphatic carbocycles. The second kappa shape index (κ2) is 12.0. The fourth-order valence-corrected chi connectivity index (χ4v) is 7.29. The van der Waals surface area contributed by atoms with Crippen LogP contribution < -0.4 is 5.32 Å². The van der Waals surface area contributed by atoms with Crippen LogP contribution in [0.3, 0.4) is 0 Å². The van der Waals surface area contributed by atoms with Crippen molar-refractivity contribution in [2.45, 2.75) is 6.17 Å². The molecule has 1 atom stereocenters. The number of aliphatic imine (C=N–C) groups is 2. The Bertz CT molecular complexity index is 2830. The third-order valence-corrected chi connectivity index (χ3v) is 9.88. The van der Waals surface area contributed by atoms with Crippen LogP contribution in [0.4, 0.5) is 0 Å². The number of amidine groups is 2. The normalized spacial score (nSPS) is 14.5. The summed E-state index contributed by atoms with van der Waals surface area (Å²) in [4.78, 5) is 10.6. The van der Waals surface area contributed by atoms with E-state index in [0.29, 0.717) is 5.84 Å². The molecule has 1 aliphatic rings. The maximum absolute atomic E-state index is 6.53. The van der Waals surface area contributed by atoms with Gasteiger partial charge in [0.2, 0.25) is 0 Å². The SMILES string of the molecule is c1ccc(-c2ccc3cc(C4=NC(c5cc(-c6ccc7ccccc7c6)cc6oc7ccccc7c56)=NC(c5ccccc5)N4)ccc3c2)cc1. The number of benzene rings is 8. The Morgan fingerprint density at radius 3 is 1.86 bits per heavy atom. The zero-order chi connectivity index (χ0) is 33.7. The molecule has 0 amide bonds. The molecule has 4 heteroatoms. The monoisotopic (exact) mass is 653 g/mol. The first kappa shape index (κ1) is 29.2. The first-order chi connectivity index (χ1) is 25.2. The van der Waals surface area contributed by atoms with Crippen molar-refractivity contribution in [3.8, 4) is 22.3 Å². The van der Waals surface area contributed by atoms with Crippen molar-refractivity contribution in [1.29, 1.82) is 0 Å². The van der Waals surface area contributed by atoms with E-state index in [0.717, 1.165) is 61.0 Å². The summed E-state index contributed by atoms with van der Waals surface area (Å²) in [5, 5.41) is 10.5. The van der Waals surface area contributed by atoms with E-state index in [1.807, 2.05) is 18.2 Å². The largest absolute Gasteiger partial charge is 0.456 e. The van der Waals surface area contributed by atoms with E-state index in [-0.39, 0.29) is 6.17 Å². The highest BCUT2D eigenvalue weighted by Gasteiger charge is 2.24. The van der Waals surface area contributed by atoms with Crippen LogP contribution in [-0.2, 0) is 0 Å². The molecular formula is C47H31N3O. The smallest absolute Gasteiger partial charge is 0.160 e. The molecule has 1 aliphatic heterocycles. The van der Waals surface area contributed by atoms with Crippen molar-refractivity contribution in [3.05, 3.63) is 193 Å². The fraction of sp³-hybridized carbons (Fsp3) is 0.0213. The second-order valence-corrected chi connectivity index (χ2v) is 13.1. The number of hydrogen-bond donors (Lipinski definition) is 1. The lowest BCUT2D eigenvalue weighted by Gasteiger charge is -2.24. The second-order valence-electron chi connectivity index (χ2n) is 13.1. The molecule has 0 radical (unpaired) electrons. The first-order valence-electron chi connectivity index (χ1n) is 17.3. The van der Waals surface area contributed by atoms with E-state index >= 15 is 0 Å². The van der Waals surface area contributed by atoms with Crippen LogP contribution in [0.25, 0.3) is 65.7 Å². The summed E-state index contributed by atoms with van der Waals surface area (Å²) in [5.41, 5.74) is 9.23. The predicted octanol–water partition coefficient (Wildman–Crippen LogP) is 11.7. The Kier molecular flexibility index (Phi) is 6.85. The van der Waals surface area contributed by atoms with Gasteiger partial charge in [0.1, 0.15) is 23.2 Å². The molecule has 9 aromatic rings. The van der Waals surface area contributed by atoms with E-state index in [1.165, 1.54) is 27.3 Å². The van der Waals surface area contributed by atoms with Crippen molar-refractivity contribution >= 4 is 55.2 Å².